The number of nitrogens with one attached hydrogen (secondary N) is 1. The number of carbonyl (C=O) groups is 3. The number of piperazine rings is 1. The van der Waals surface area contributed by atoms with Crippen LogP contribution in [0.5, 0.6) is 17.5 Å². The van der Waals surface area contributed by atoms with Gasteiger partial charge in [0.25, 0.3) is 0 Å². The predicted octanol–water partition coefficient (Wildman–Crippen LogP) is 8.87. The highest BCUT2D eigenvalue weighted by Gasteiger charge is 2.43. The standard InChI is InChI=1S/C62H71ClFN9O10S/c1-7-53(76)71-18-20-72(21-19-71)59-48-31-49(63)55(47-29-43(74)27-40-10-8-9-11-46(40)47)56(64)57(48)67-62(68-59)82-38(5)33-70-16-14-45(15-17-70)80-24-22-79-23-25-81-51-28-41(58-39(6)66-35-84-58)12-13-42(51)32-65-60(77)50-30-44(75)34-73(50)61(78)54(36(2)3)52-26-37(4)69-83-52/h7-13,26-29,31,35-36,38,44-45,50,54,74-75H,1,14-25,30,32-34H2,2-6H3,(H,65,77)/t38-,44?,50?,54+/m1/s1. The highest BCUT2D eigenvalue weighted by Crippen LogP contribution is 2.43. The maximum absolute atomic E-state index is 17.2. The van der Waals surface area contributed by atoms with Crippen LogP contribution in [0.25, 0.3) is 43.2 Å². The lowest BCUT2D eigenvalue weighted by Gasteiger charge is -2.35. The normalized spacial score (nSPS) is 17.8. The minimum absolute atomic E-state index is 0.00881. The van der Waals surface area contributed by atoms with Gasteiger partial charge >= 0.3 is 6.01 Å². The lowest BCUT2D eigenvalue weighted by molar-refractivity contribution is -0.141. The topological polar surface area (TPSA) is 218 Å². The number of ether oxygens (including phenoxy) is 4. The van der Waals surface area contributed by atoms with Crippen LogP contribution in [0.2, 0.25) is 5.02 Å². The number of aromatic nitrogens is 4. The first-order chi connectivity index (χ1) is 40.5. The zero-order chi connectivity index (χ0) is 59.2. The Morgan fingerprint density at radius 1 is 0.952 bits per heavy atom. The number of thiazole rings is 1. The summed E-state index contributed by atoms with van der Waals surface area (Å²) < 4.78 is 47.7. The van der Waals surface area contributed by atoms with Crippen molar-refractivity contribution < 1.29 is 52.5 Å². The summed E-state index contributed by atoms with van der Waals surface area (Å²) in [5.41, 5.74) is 5.55. The van der Waals surface area contributed by atoms with Gasteiger partial charge in [-0.3, -0.25) is 19.3 Å². The number of aryl methyl sites for hydroxylation is 2. The van der Waals surface area contributed by atoms with Gasteiger partial charge in [0.2, 0.25) is 17.7 Å². The minimum Gasteiger partial charge on any atom is -0.508 e. The van der Waals surface area contributed by atoms with Gasteiger partial charge in [0.15, 0.2) is 5.82 Å². The minimum atomic E-state index is -0.871. The molecule has 19 nitrogen and oxygen atoms in total. The quantitative estimate of drug-likeness (QED) is 0.0426. The van der Waals surface area contributed by atoms with E-state index in [1.165, 1.54) is 28.4 Å². The number of halogens is 2. The first kappa shape index (κ1) is 59.9. The molecule has 3 N–H and O–H groups in total. The number of aliphatic hydroxyl groups excluding tert-OH is 1. The molecule has 0 bridgehead atoms. The fourth-order valence-corrected chi connectivity index (χ4v) is 12.6. The Morgan fingerprint density at radius 3 is 2.45 bits per heavy atom. The van der Waals surface area contributed by atoms with Crippen molar-refractivity contribution in [2.45, 2.75) is 90.7 Å². The molecule has 3 fully saturated rings. The second-order valence-corrected chi connectivity index (χ2v) is 23.3. The lowest BCUT2D eigenvalue weighted by Crippen LogP contribution is -2.48. The summed E-state index contributed by atoms with van der Waals surface area (Å²) in [5, 5.41) is 30.3. The van der Waals surface area contributed by atoms with E-state index >= 15 is 4.39 Å². The van der Waals surface area contributed by atoms with Crippen molar-refractivity contribution in [3.63, 3.8) is 0 Å². The number of β-amino-alcohol motifs (C(OH)–C–C–N with tert-alkyl or cyclic N) is 1. The van der Waals surface area contributed by atoms with Crippen LogP contribution >= 0.6 is 22.9 Å². The molecular weight excluding hydrogens is 1120 g/mol. The van der Waals surface area contributed by atoms with E-state index in [1.807, 2.05) is 75.1 Å². The van der Waals surface area contributed by atoms with Gasteiger partial charge in [-0.2, -0.15) is 9.97 Å². The van der Waals surface area contributed by atoms with Crippen LogP contribution in [0.4, 0.5) is 10.2 Å². The Hall–Kier alpha value is -7.27. The summed E-state index contributed by atoms with van der Waals surface area (Å²) in [6, 6.07) is 18.9. The molecule has 3 saturated heterocycles. The molecule has 6 heterocycles. The monoisotopic (exact) mass is 1190 g/mol. The molecule has 3 amide bonds. The zero-order valence-electron chi connectivity index (χ0n) is 47.9. The highest BCUT2D eigenvalue weighted by atomic mass is 35.5. The van der Waals surface area contributed by atoms with Crippen molar-refractivity contribution in [3.8, 4) is 39.1 Å². The molecule has 4 aromatic carbocycles. The van der Waals surface area contributed by atoms with Gasteiger partial charge in [-0.15, -0.1) is 11.3 Å². The van der Waals surface area contributed by atoms with E-state index in [1.54, 1.807) is 35.5 Å². The van der Waals surface area contributed by atoms with Crippen LogP contribution in [0.15, 0.2) is 89.4 Å². The van der Waals surface area contributed by atoms with Crippen molar-refractivity contribution in [1.29, 1.82) is 0 Å². The third kappa shape index (κ3) is 13.6. The van der Waals surface area contributed by atoms with Crippen molar-refractivity contribution in [1.82, 2.24) is 40.1 Å². The maximum atomic E-state index is 17.2. The Bertz CT molecular complexity index is 3510. The number of phenols is 1. The summed E-state index contributed by atoms with van der Waals surface area (Å²) in [6.07, 6.45) is 1.83. The molecule has 3 aliphatic rings. The molecule has 7 aromatic rings. The first-order valence-corrected chi connectivity index (χ1v) is 29.8. The van der Waals surface area contributed by atoms with Gasteiger partial charge < -0.3 is 53.7 Å². The number of anilines is 1. The van der Waals surface area contributed by atoms with E-state index in [2.05, 4.69) is 31.9 Å². The number of benzene rings is 4. The van der Waals surface area contributed by atoms with E-state index in [0.29, 0.717) is 91.9 Å². The van der Waals surface area contributed by atoms with E-state index in [-0.39, 0.29) is 89.8 Å². The highest BCUT2D eigenvalue weighted by molar-refractivity contribution is 7.13. The van der Waals surface area contributed by atoms with Gasteiger partial charge in [-0.05, 0) is 91.8 Å². The van der Waals surface area contributed by atoms with Crippen LogP contribution in [0.1, 0.15) is 68.7 Å². The smallest absolute Gasteiger partial charge is 0.319 e. The lowest BCUT2D eigenvalue weighted by atomic mass is 9.91. The molecule has 0 saturated carbocycles. The zero-order valence-corrected chi connectivity index (χ0v) is 49.5. The van der Waals surface area contributed by atoms with E-state index in [4.69, 9.17) is 40.1 Å². The molecule has 84 heavy (non-hydrogen) atoms. The van der Waals surface area contributed by atoms with Crippen LogP contribution in [0, 0.1) is 25.6 Å². The molecule has 444 valence electrons. The number of piperidine rings is 1. The van der Waals surface area contributed by atoms with Gasteiger partial charge in [0.1, 0.15) is 53.3 Å². The van der Waals surface area contributed by atoms with Gasteiger partial charge in [0.05, 0.1) is 58.8 Å². The molecule has 2 unspecified atom stereocenters. The number of carbonyl (C=O) groups excluding carboxylic acids is 3. The van der Waals surface area contributed by atoms with Crippen molar-refractivity contribution in [3.05, 3.63) is 118 Å². The van der Waals surface area contributed by atoms with Crippen molar-refractivity contribution >= 4 is 68.2 Å². The van der Waals surface area contributed by atoms with E-state index in [9.17, 15) is 24.6 Å². The van der Waals surface area contributed by atoms with E-state index in [0.717, 1.165) is 53.0 Å². The summed E-state index contributed by atoms with van der Waals surface area (Å²) in [5.74, 6) is -0.887. The Labute approximate surface area is 496 Å². The van der Waals surface area contributed by atoms with Crippen LogP contribution in [0.3, 0.4) is 0 Å². The molecule has 0 radical (unpaired) electrons. The van der Waals surface area contributed by atoms with Gasteiger partial charge in [-0.25, -0.2) is 9.37 Å². The third-order valence-corrected chi connectivity index (χ3v) is 17.0. The molecule has 3 aromatic heterocycles. The summed E-state index contributed by atoms with van der Waals surface area (Å²) >= 11 is 8.48. The van der Waals surface area contributed by atoms with Crippen LogP contribution in [-0.2, 0) is 30.4 Å². The molecule has 0 aliphatic carbocycles. The number of likely N-dealkylation sites (tertiary alicyclic amines) is 2. The number of fused-ring (bicyclic) bond motifs is 2. The SMILES string of the molecule is C=CC(=O)N1CCN(c2nc(O[C@H](C)CN3CCC(OCCOCCOc4cc(-c5scnc5C)ccc4CNC(=O)C4CC(O)CN4C(=O)[C@H](c4cc(C)no4)C(C)C)CC3)nc3c(F)c(-c4cc(O)cc5ccccc45)c(Cl)cc23)CC1. The van der Waals surface area contributed by atoms with Crippen LogP contribution < -0.4 is 19.7 Å². The van der Waals surface area contributed by atoms with Gasteiger partial charge in [0, 0.05) is 87.9 Å². The Morgan fingerprint density at radius 2 is 1.73 bits per heavy atom. The Balaban J connectivity index is 0.714. The van der Waals surface area contributed by atoms with Crippen LogP contribution in [-0.4, -0.2) is 166 Å². The molecule has 3 aliphatic heterocycles. The number of amides is 3. The van der Waals surface area contributed by atoms with Crippen molar-refractivity contribution in [2.24, 2.45) is 5.92 Å². The summed E-state index contributed by atoms with van der Waals surface area (Å²) in [7, 11) is 0. The average Bonchev–Trinajstić information content (AvgIpc) is 4.42. The van der Waals surface area contributed by atoms with E-state index < -0.39 is 23.9 Å². The van der Waals surface area contributed by atoms with Gasteiger partial charge in [-0.1, -0.05) is 73.6 Å². The number of phenolic OH excluding ortho intramolecular Hbond substituents is 1. The predicted molar refractivity (Wildman–Crippen MR) is 319 cm³/mol. The number of aromatic hydroxyl groups is 1. The first-order valence-electron chi connectivity index (χ1n) is 28.6. The molecule has 0 spiro atoms. The largest absolute Gasteiger partial charge is 0.508 e. The molecule has 10 rings (SSSR count). The second kappa shape index (κ2) is 26.8. The molecule has 4 atom stereocenters. The molecular formula is C62H71ClFN9O10S. The number of hydrogen-bond donors (Lipinski definition) is 3. The third-order valence-electron chi connectivity index (χ3n) is 15.7. The number of aliphatic hydroxyl groups is 1. The van der Waals surface area contributed by atoms with Crippen molar-refractivity contribution in [2.75, 3.05) is 83.7 Å². The summed E-state index contributed by atoms with van der Waals surface area (Å²) in [4.78, 5) is 62.7. The average molecular weight is 1190 g/mol. The second-order valence-electron chi connectivity index (χ2n) is 22.1. The fourth-order valence-electron chi connectivity index (χ4n) is 11.5. The fraction of sp³-hybridized carbons (Fsp3) is 0.435. The maximum Gasteiger partial charge on any atom is 0.319 e. The number of rotatable bonds is 22. The molecule has 22 heteroatoms. The number of nitrogens with zero attached hydrogens (tertiary/aromatic N) is 8. The number of hydrogen-bond acceptors (Lipinski definition) is 17. The summed E-state index contributed by atoms with van der Waals surface area (Å²) in [6.45, 7) is 18.4. The Kier molecular flexibility index (Phi) is 19.1.